The molecular weight excluding hydrogens is 505 g/mol. The summed E-state index contributed by atoms with van der Waals surface area (Å²) >= 11 is 0. The minimum atomic E-state index is -1.52. The van der Waals surface area contributed by atoms with Crippen LogP contribution in [0.4, 0.5) is 30.2 Å². The van der Waals surface area contributed by atoms with Crippen molar-refractivity contribution >= 4 is 23.0 Å². The van der Waals surface area contributed by atoms with Gasteiger partial charge in [0.15, 0.2) is 23.1 Å². The zero-order chi connectivity index (χ0) is 26.9. The van der Waals surface area contributed by atoms with Crippen LogP contribution in [0.1, 0.15) is 45.5 Å². The maximum absolute atomic E-state index is 14.3. The van der Waals surface area contributed by atoms with Crippen molar-refractivity contribution in [2.45, 2.75) is 25.4 Å². The molecule has 1 unspecified atom stereocenters. The summed E-state index contributed by atoms with van der Waals surface area (Å²) in [6, 6.07) is 19.3. The molecule has 4 aromatic rings. The second-order valence-electron chi connectivity index (χ2n) is 10.1. The lowest BCUT2D eigenvalue weighted by atomic mass is 9.77. The van der Waals surface area contributed by atoms with Crippen LogP contribution in [0.5, 0.6) is 11.5 Å². The largest absolute Gasteiger partial charge is 0.456 e. The summed E-state index contributed by atoms with van der Waals surface area (Å²) in [6.07, 6.45) is 2.26. The third-order valence-electron chi connectivity index (χ3n) is 7.85. The number of esters is 1. The molecule has 8 heteroatoms. The first kappa shape index (κ1) is 23.6. The van der Waals surface area contributed by atoms with Gasteiger partial charge in [-0.3, -0.25) is 0 Å². The Bertz CT molecular complexity index is 1680. The van der Waals surface area contributed by atoms with Crippen LogP contribution >= 0.6 is 0 Å². The van der Waals surface area contributed by atoms with Crippen LogP contribution in [0.15, 0.2) is 66.7 Å². The Labute approximate surface area is 222 Å². The summed E-state index contributed by atoms with van der Waals surface area (Å²) in [6.45, 7) is 3.31. The van der Waals surface area contributed by atoms with Gasteiger partial charge in [-0.05, 0) is 56.2 Å². The molecule has 0 bridgehead atoms. The molecule has 1 atom stereocenters. The summed E-state index contributed by atoms with van der Waals surface area (Å²) in [5.74, 6) is -3.43. The van der Waals surface area contributed by atoms with Crippen molar-refractivity contribution in [2.75, 3.05) is 23.3 Å². The standard InChI is InChI=1S/C31H23F3N2O3/c1-17-25(16-24(32)29(34)28(17)33)35-18-8-11-26-23(14-18)31(21-7-3-2-6-20(21)30(37)39-31)22-10-9-19(15-27(22)38-26)36-12-4-5-13-36/h2-3,6-11,14-16,35H,4-5,12-13H2,1H3. The highest BCUT2D eigenvalue weighted by Gasteiger charge is 2.53. The number of carbonyl (C=O) groups excluding carboxylic acids is 1. The minimum absolute atomic E-state index is 0.0602. The minimum Gasteiger partial charge on any atom is -0.456 e. The smallest absolute Gasteiger partial charge is 0.340 e. The fraction of sp³-hybridized carbons (Fsp3) is 0.194. The predicted octanol–water partition coefficient (Wildman–Crippen LogP) is 7.32. The number of hydrogen-bond acceptors (Lipinski definition) is 5. The third-order valence-corrected chi connectivity index (χ3v) is 7.85. The van der Waals surface area contributed by atoms with Gasteiger partial charge in [-0.15, -0.1) is 0 Å². The van der Waals surface area contributed by atoms with Crippen LogP contribution in [-0.4, -0.2) is 19.1 Å². The molecule has 0 saturated carbocycles. The van der Waals surface area contributed by atoms with Gasteiger partial charge < -0.3 is 19.7 Å². The van der Waals surface area contributed by atoms with Gasteiger partial charge in [-0.2, -0.15) is 0 Å². The molecule has 0 radical (unpaired) electrons. The first-order chi connectivity index (χ1) is 18.9. The predicted molar refractivity (Wildman–Crippen MR) is 140 cm³/mol. The quantitative estimate of drug-likeness (QED) is 0.223. The second-order valence-corrected chi connectivity index (χ2v) is 10.1. The number of anilines is 3. The zero-order valence-corrected chi connectivity index (χ0v) is 21.0. The van der Waals surface area contributed by atoms with Gasteiger partial charge in [0.25, 0.3) is 0 Å². The number of fused-ring (bicyclic) bond motifs is 6. The molecule has 1 saturated heterocycles. The Morgan fingerprint density at radius 3 is 2.46 bits per heavy atom. The van der Waals surface area contributed by atoms with E-state index >= 15 is 0 Å². The van der Waals surface area contributed by atoms with Crippen LogP contribution < -0.4 is 15.0 Å². The molecule has 196 valence electrons. The lowest BCUT2D eigenvalue weighted by molar-refractivity contribution is 0.0224. The number of ether oxygens (including phenoxy) is 2. The van der Waals surface area contributed by atoms with Crippen molar-refractivity contribution < 1.29 is 27.4 Å². The molecule has 1 fully saturated rings. The van der Waals surface area contributed by atoms with E-state index in [4.69, 9.17) is 9.47 Å². The average molecular weight is 529 g/mol. The number of hydrogen-bond donors (Lipinski definition) is 1. The maximum Gasteiger partial charge on any atom is 0.340 e. The highest BCUT2D eigenvalue weighted by atomic mass is 19.2. The molecule has 5 nitrogen and oxygen atoms in total. The van der Waals surface area contributed by atoms with Crippen molar-refractivity contribution in [1.82, 2.24) is 0 Å². The molecule has 0 aromatic heterocycles. The van der Waals surface area contributed by atoms with E-state index in [0.717, 1.165) is 37.7 Å². The number of halogens is 3. The van der Waals surface area contributed by atoms with Crippen molar-refractivity contribution in [3.8, 4) is 11.5 Å². The number of nitrogens with zero attached hydrogens (tertiary/aromatic N) is 1. The highest BCUT2D eigenvalue weighted by molar-refractivity contribution is 5.97. The van der Waals surface area contributed by atoms with Gasteiger partial charge in [0.1, 0.15) is 11.5 Å². The summed E-state index contributed by atoms with van der Waals surface area (Å²) in [5.41, 5.74) is 2.62. The van der Waals surface area contributed by atoms with Crippen LogP contribution in [0, 0.1) is 24.4 Å². The summed E-state index contributed by atoms with van der Waals surface area (Å²) in [5, 5.41) is 2.99. The fourth-order valence-electron chi connectivity index (χ4n) is 5.88. The van der Waals surface area contributed by atoms with Crippen molar-refractivity contribution in [1.29, 1.82) is 0 Å². The molecule has 0 aliphatic carbocycles. The number of nitrogens with one attached hydrogen (secondary N) is 1. The summed E-state index contributed by atoms with van der Waals surface area (Å²) < 4.78 is 54.6. The van der Waals surface area contributed by atoms with E-state index in [1.54, 1.807) is 30.3 Å². The molecule has 7 rings (SSSR count). The molecule has 3 heterocycles. The topological polar surface area (TPSA) is 50.8 Å². The first-order valence-corrected chi connectivity index (χ1v) is 12.8. The second kappa shape index (κ2) is 8.53. The first-order valence-electron chi connectivity index (χ1n) is 12.8. The van der Waals surface area contributed by atoms with E-state index < -0.39 is 29.0 Å². The zero-order valence-electron chi connectivity index (χ0n) is 21.0. The summed E-state index contributed by atoms with van der Waals surface area (Å²) in [4.78, 5) is 15.5. The van der Waals surface area contributed by atoms with E-state index in [-0.39, 0.29) is 11.3 Å². The van der Waals surface area contributed by atoms with Crippen LogP contribution in [0.3, 0.4) is 0 Å². The highest BCUT2D eigenvalue weighted by Crippen LogP contribution is 2.57. The molecule has 1 spiro atoms. The fourth-order valence-corrected chi connectivity index (χ4v) is 5.88. The maximum atomic E-state index is 14.3. The summed E-state index contributed by atoms with van der Waals surface area (Å²) in [7, 11) is 0. The van der Waals surface area contributed by atoms with Crippen molar-refractivity contribution in [2.24, 2.45) is 0 Å². The van der Waals surface area contributed by atoms with Gasteiger partial charge in [0, 0.05) is 64.5 Å². The lowest BCUT2D eigenvalue weighted by Gasteiger charge is -2.37. The molecule has 1 N–H and O–H groups in total. The van der Waals surface area contributed by atoms with Crippen molar-refractivity contribution in [3.05, 3.63) is 112 Å². The Hall–Kier alpha value is -4.46. The van der Waals surface area contributed by atoms with Gasteiger partial charge in [0.05, 0.1) is 5.56 Å². The molecule has 4 aromatic carbocycles. The molecule has 3 aliphatic heterocycles. The Balaban J connectivity index is 1.40. The van der Waals surface area contributed by atoms with Crippen LogP contribution in [-0.2, 0) is 10.3 Å². The lowest BCUT2D eigenvalue weighted by Crippen LogP contribution is -2.33. The van der Waals surface area contributed by atoms with Gasteiger partial charge in [-0.1, -0.05) is 18.2 Å². The SMILES string of the molecule is Cc1c(Nc2ccc3c(c2)C2(OC(=O)c4ccccc42)c2ccc(N4CCCC4)cc2O3)cc(F)c(F)c1F. The Morgan fingerprint density at radius 1 is 0.846 bits per heavy atom. The van der Waals surface area contributed by atoms with Gasteiger partial charge >= 0.3 is 5.97 Å². The Morgan fingerprint density at radius 2 is 1.64 bits per heavy atom. The van der Waals surface area contributed by atoms with E-state index in [9.17, 15) is 18.0 Å². The number of carbonyl (C=O) groups is 1. The van der Waals surface area contributed by atoms with E-state index in [2.05, 4.69) is 10.2 Å². The average Bonchev–Trinajstić information content (AvgIpc) is 3.59. The van der Waals surface area contributed by atoms with Crippen molar-refractivity contribution in [3.63, 3.8) is 0 Å². The monoisotopic (exact) mass is 528 g/mol. The molecule has 0 amide bonds. The number of benzene rings is 4. The molecule has 3 aliphatic rings. The van der Waals surface area contributed by atoms with Gasteiger partial charge in [0.2, 0.25) is 0 Å². The van der Waals surface area contributed by atoms with Crippen LogP contribution in [0.2, 0.25) is 0 Å². The Kier molecular flexibility index (Phi) is 5.17. The normalized spacial score (nSPS) is 18.9. The van der Waals surface area contributed by atoms with Crippen LogP contribution in [0.25, 0.3) is 0 Å². The van der Waals surface area contributed by atoms with E-state index in [1.165, 1.54) is 6.92 Å². The van der Waals surface area contributed by atoms with E-state index in [0.29, 0.717) is 39.4 Å². The van der Waals surface area contributed by atoms with E-state index in [1.807, 2.05) is 30.3 Å². The van der Waals surface area contributed by atoms with Gasteiger partial charge in [-0.25, -0.2) is 18.0 Å². The molecular formula is C31H23F3N2O3. The number of rotatable bonds is 3. The molecule has 39 heavy (non-hydrogen) atoms. The third kappa shape index (κ3) is 3.44.